The average molecular weight is 1150 g/mol. The van der Waals surface area contributed by atoms with Gasteiger partial charge in [0.15, 0.2) is 6.29 Å². The quantitative estimate of drug-likeness (QED) is 0.0404. The summed E-state index contributed by atoms with van der Waals surface area (Å²) in [6.07, 6.45) is -47.0. The van der Waals surface area contributed by atoms with Crippen LogP contribution in [0.4, 0.5) is 0 Å². The summed E-state index contributed by atoms with van der Waals surface area (Å²) < 4.78 is 74.7. The van der Waals surface area contributed by atoms with Crippen LogP contribution < -0.4 is 0 Å². The molecule has 7 rings (SSSR count). The average Bonchev–Trinajstić information content (AvgIpc) is 4.25. The van der Waals surface area contributed by atoms with Crippen molar-refractivity contribution in [2.24, 2.45) is 0 Å². The molecule has 23 N–H and O–H groups in total. The monoisotopic (exact) mass is 1150 g/mol. The molecule has 7 heterocycles. The second-order valence-electron chi connectivity index (χ2n) is 19.9. The van der Waals surface area contributed by atoms with E-state index in [1.54, 1.807) is 0 Å². The SMILES string of the molecule is OC[C@H]1O[C@@](CO)(OC[C@@]2(OC[C@@]3(OC[C@@]4(OC[C@@]5(OC[C@@]6(O[C@H]7O[C@H](CO)[C@@H](O)[C@H](O)[C@H]7O)O[C@H](CO)[C@@H](O)[C@@H]6O)O[C@H](CO)[C@@H](O)[C@@H]5O)O[C@H](CO)[C@@H](O)[C@@H]4O)O[C@H](CO)[C@@H](O)[C@@H]3O)O[C@H](CO)[C@@H](O)[C@@H]2O)[C@@H](O)[C@@H]1O. The van der Waals surface area contributed by atoms with Crippen LogP contribution in [0.15, 0.2) is 0 Å². The normalized spacial score (nSPS) is 52.6. The molecule has 0 bridgehead atoms. The van der Waals surface area contributed by atoms with Crippen molar-refractivity contribution in [1.82, 2.24) is 0 Å². The zero-order valence-electron chi connectivity index (χ0n) is 41.1. The lowest BCUT2D eigenvalue weighted by Gasteiger charge is -2.45. The fourth-order valence-electron chi connectivity index (χ4n) is 10.2. The molecule has 0 radical (unpaired) electrons. The lowest BCUT2D eigenvalue weighted by molar-refractivity contribution is -0.407. The van der Waals surface area contributed by atoms with Gasteiger partial charge in [-0.25, -0.2) is 0 Å². The Morgan fingerprint density at radius 2 is 0.487 bits per heavy atom. The predicted molar refractivity (Wildman–Crippen MR) is 232 cm³/mol. The molecule has 7 aliphatic rings. The molecule has 36 nitrogen and oxygen atoms in total. The van der Waals surface area contributed by atoms with Crippen LogP contribution in [0.2, 0.25) is 0 Å². The van der Waals surface area contributed by atoms with Gasteiger partial charge in [0.1, 0.15) is 174 Å². The predicted octanol–water partition coefficient (Wildman–Crippen LogP) is -16.3. The highest BCUT2D eigenvalue weighted by Gasteiger charge is 2.67. The number of aliphatic hydroxyl groups excluding tert-OH is 23. The van der Waals surface area contributed by atoms with Gasteiger partial charge in [-0.05, 0) is 0 Å². The van der Waals surface area contributed by atoms with Crippen molar-refractivity contribution in [2.45, 2.75) is 175 Å². The third-order valence-electron chi connectivity index (χ3n) is 15.1. The first-order valence-electron chi connectivity index (χ1n) is 24.5. The Bertz CT molecular complexity index is 1920. The second-order valence-corrected chi connectivity index (χ2v) is 19.9. The third-order valence-corrected chi connectivity index (χ3v) is 15.1. The van der Waals surface area contributed by atoms with E-state index >= 15 is 0 Å². The van der Waals surface area contributed by atoms with Crippen molar-refractivity contribution < 1.29 is 179 Å². The van der Waals surface area contributed by atoms with Crippen LogP contribution in [0.25, 0.3) is 0 Å². The van der Waals surface area contributed by atoms with E-state index in [0.29, 0.717) is 0 Å². The van der Waals surface area contributed by atoms with Crippen molar-refractivity contribution >= 4 is 0 Å². The van der Waals surface area contributed by atoms with Gasteiger partial charge in [0, 0.05) is 0 Å². The molecule has 0 aromatic carbocycles. The van der Waals surface area contributed by atoms with Gasteiger partial charge >= 0.3 is 0 Å². The molecule has 7 aliphatic heterocycles. The zero-order valence-corrected chi connectivity index (χ0v) is 41.1. The lowest BCUT2D eigenvalue weighted by Crippen LogP contribution is -2.64. The van der Waals surface area contributed by atoms with Crippen LogP contribution in [0.1, 0.15) is 0 Å². The van der Waals surface area contributed by atoms with E-state index in [2.05, 4.69) is 0 Å². The van der Waals surface area contributed by atoms with E-state index in [1.165, 1.54) is 0 Å². The molecular weight excluding hydrogens is 1080 g/mol. The Hall–Kier alpha value is -1.44. The molecule has 0 amide bonds. The van der Waals surface area contributed by atoms with Crippen LogP contribution >= 0.6 is 0 Å². The summed E-state index contributed by atoms with van der Waals surface area (Å²) >= 11 is 0. The van der Waals surface area contributed by atoms with E-state index in [9.17, 15) is 117 Å². The minimum absolute atomic E-state index is 0.911. The topological polar surface area (TPSA) is 585 Å². The Labute approximate surface area is 439 Å². The van der Waals surface area contributed by atoms with Crippen LogP contribution in [0.3, 0.4) is 0 Å². The Balaban J connectivity index is 1.21. The molecular formula is C42H72O36. The van der Waals surface area contributed by atoms with Gasteiger partial charge in [-0.3, -0.25) is 0 Å². The lowest BCUT2D eigenvalue weighted by atomic mass is 9.99. The number of hydrogen-bond donors (Lipinski definition) is 23. The molecule has 29 atom stereocenters. The molecule has 36 heteroatoms. The Morgan fingerprint density at radius 1 is 0.256 bits per heavy atom. The molecule has 7 saturated heterocycles. The van der Waals surface area contributed by atoms with Crippen molar-refractivity contribution in [3.63, 3.8) is 0 Å². The summed E-state index contributed by atoms with van der Waals surface area (Å²) in [4.78, 5) is 0. The minimum Gasteiger partial charge on any atom is -0.394 e. The fraction of sp³-hybridized carbons (Fsp3) is 1.00. The second kappa shape index (κ2) is 25.0. The highest BCUT2D eigenvalue weighted by Crippen LogP contribution is 2.45. The Morgan fingerprint density at radius 3 is 0.756 bits per heavy atom. The van der Waals surface area contributed by atoms with Crippen molar-refractivity contribution in [3.8, 4) is 0 Å². The maximum Gasteiger partial charge on any atom is 0.224 e. The number of rotatable bonds is 25. The van der Waals surface area contributed by atoms with E-state index in [0.717, 1.165) is 0 Å². The molecule has 0 saturated carbocycles. The fourth-order valence-corrected chi connectivity index (χ4v) is 10.2. The summed E-state index contributed by atoms with van der Waals surface area (Å²) in [6, 6.07) is 0. The molecule has 0 aromatic rings. The van der Waals surface area contributed by atoms with Crippen molar-refractivity contribution in [3.05, 3.63) is 0 Å². The maximum atomic E-state index is 11.7. The van der Waals surface area contributed by atoms with E-state index in [4.69, 9.17) is 61.6 Å². The minimum atomic E-state index is -3.01. The maximum absolute atomic E-state index is 11.7. The number of aliphatic hydroxyl groups is 23. The largest absolute Gasteiger partial charge is 0.394 e. The van der Waals surface area contributed by atoms with E-state index < -0.39 is 261 Å². The first-order valence-corrected chi connectivity index (χ1v) is 24.5. The van der Waals surface area contributed by atoms with Crippen LogP contribution in [-0.4, -0.2) is 379 Å². The summed E-state index contributed by atoms with van der Waals surface area (Å²) in [5.74, 6) is -17.3. The smallest absolute Gasteiger partial charge is 0.224 e. The Kier molecular flexibility index (Phi) is 20.6. The molecule has 0 spiro atoms. The van der Waals surface area contributed by atoms with Gasteiger partial charge in [0.05, 0.1) is 46.2 Å². The van der Waals surface area contributed by atoms with Crippen LogP contribution in [-0.2, 0) is 61.6 Å². The van der Waals surface area contributed by atoms with Gasteiger partial charge < -0.3 is 179 Å². The zero-order chi connectivity index (χ0) is 57.7. The first kappa shape index (κ1) is 64.1. The van der Waals surface area contributed by atoms with Crippen molar-refractivity contribution in [2.75, 3.05) is 85.9 Å². The van der Waals surface area contributed by atoms with E-state index in [1.807, 2.05) is 0 Å². The van der Waals surface area contributed by atoms with E-state index in [-0.39, 0.29) is 0 Å². The van der Waals surface area contributed by atoms with Gasteiger partial charge in [-0.2, -0.15) is 0 Å². The molecule has 7 fully saturated rings. The molecule has 0 aliphatic carbocycles. The summed E-state index contributed by atoms with van der Waals surface area (Å²) in [5, 5.41) is 246. The standard InChI is InChI=1S/C42H72O36/c43-1-14-21(51)28(58)29(59)36(71-14)78-42(35(65)27(57)20(7-49)77-42)13-70-41(34(64)26(56)19(6-48)76-41)12-69-40(33(63)25(55)18(5-47)75-40)11-68-39(32(62)24(54)17(4-46)74-39)10-67-38(31(61)23(53)16(3-45)73-38)9-66-37(8-50)30(60)22(52)15(2-44)72-37/h14-36,43-65H,1-13H2/t14-,15-,16-,17-,18-,19-,20-,21-,22-,23-,24-,25-,26-,27-,28+,29-,30+,31+,32+,33+,34+,35+,36-,37-,38-,39-,40-,41-,42+/m1/s1. The molecule has 78 heavy (non-hydrogen) atoms. The van der Waals surface area contributed by atoms with Gasteiger partial charge in [0.25, 0.3) is 0 Å². The molecule has 0 unspecified atom stereocenters. The summed E-state index contributed by atoms with van der Waals surface area (Å²) in [5.41, 5.74) is 0. The number of hydrogen-bond acceptors (Lipinski definition) is 36. The highest BCUT2D eigenvalue weighted by molar-refractivity contribution is 5.06. The summed E-state index contributed by atoms with van der Waals surface area (Å²) in [6.45, 7) is -15.4. The van der Waals surface area contributed by atoms with Crippen LogP contribution in [0.5, 0.6) is 0 Å². The first-order chi connectivity index (χ1) is 36.8. The third kappa shape index (κ3) is 11.2. The van der Waals surface area contributed by atoms with Crippen molar-refractivity contribution in [1.29, 1.82) is 0 Å². The highest BCUT2D eigenvalue weighted by atomic mass is 16.8. The van der Waals surface area contributed by atoms with Gasteiger partial charge in [-0.15, -0.1) is 0 Å². The van der Waals surface area contributed by atoms with Gasteiger partial charge in [0.2, 0.25) is 34.7 Å². The summed E-state index contributed by atoms with van der Waals surface area (Å²) in [7, 11) is 0. The van der Waals surface area contributed by atoms with Crippen LogP contribution in [0, 0.1) is 0 Å². The molecule has 456 valence electrons. The van der Waals surface area contributed by atoms with Gasteiger partial charge in [-0.1, -0.05) is 0 Å². The number of ether oxygens (including phenoxy) is 13. The molecule has 0 aromatic heterocycles.